The predicted octanol–water partition coefficient (Wildman–Crippen LogP) is 4.61. The van der Waals surface area contributed by atoms with Gasteiger partial charge in [0.1, 0.15) is 11.8 Å². The third-order valence-corrected chi connectivity index (χ3v) is 4.52. The van der Waals surface area contributed by atoms with Gasteiger partial charge in [-0.3, -0.25) is 4.79 Å². The number of benzene rings is 3. The average molecular weight is 390 g/mol. The van der Waals surface area contributed by atoms with Crippen molar-refractivity contribution in [3.63, 3.8) is 0 Å². The smallest absolute Gasteiger partial charge is 0.251 e. The van der Waals surface area contributed by atoms with Crippen molar-refractivity contribution in [2.45, 2.75) is 13.0 Å². The Bertz CT molecular complexity index is 991. The van der Waals surface area contributed by atoms with Crippen LogP contribution in [0.4, 0.5) is 11.4 Å². The van der Waals surface area contributed by atoms with Crippen LogP contribution in [-0.2, 0) is 4.79 Å². The minimum absolute atomic E-state index is 0.194. The molecule has 0 spiro atoms. The molecule has 0 saturated carbocycles. The highest BCUT2D eigenvalue weighted by Gasteiger charge is 2.23. The van der Waals surface area contributed by atoms with Gasteiger partial charge in [0.25, 0.3) is 5.91 Å². The van der Waals surface area contributed by atoms with E-state index in [4.69, 9.17) is 14.2 Å². The fraction of sp³-hybridized carbons (Fsp3) is 0.174. The van der Waals surface area contributed by atoms with E-state index in [-0.39, 0.29) is 12.7 Å². The number of rotatable bonds is 7. The van der Waals surface area contributed by atoms with E-state index in [0.29, 0.717) is 29.5 Å². The Morgan fingerprint density at radius 1 is 1.00 bits per heavy atom. The van der Waals surface area contributed by atoms with E-state index in [9.17, 15) is 4.79 Å². The Morgan fingerprint density at radius 2 is 1.76 bits per heavy atom. The zero-order valence-electron chi connectivity index (χ0n) is 16.1. The van der Waals surface area contributed by atoms with Gasteiger partial charge >= 0.3 is 0 Å². The van der Waals surface area contributed by atoms with E-state index in [2.05, 4.69) is 10.6 Å². The molecule has 4 rings (SSSR count). The molecule has 0 saturated heterocycles. The molecule has 2 N–H and O–H groups in total. The van der Waals surface area contributed by atoms with Gasteiger partial charge < -0.3 is 24.8 Å². The second kappa shape index (κ2) is 8.56. The molecule has 0 aliphatic carbocycles. The zero-order valence-corrected chi connectivity index (χ0v) is 16.1. The number of hydrogen-bond donors (Lipinski definition) is 2. The first-order chi connectivity index (χ1) is 14.2. The Labute approximate surface area is 169 Å². The summed E-state index contributed by atoms with van der Waals surface area (Å²) in [6.07, 6.45) is 0. The van der Waals surface area contributed by atoms with Crippen LogP contribution in [0, 0.1) is 0 Å². The first-order valence-electron chi connectivity index (χ1n) is 9.48. The summed E-state index contributed by atoms with van der Waals surface area (Å²) >= 11 is 0. The predicted molar refractivity (Wildman–Crippen MR) is 112 cm³/mol. The number of ether oxygens (including phenoxy) is 3. The molecule has 1 aliphatic rings. The molecular formula is C23H22N2O4. The number of fused-ring (bicyclic) bond motifs is 1. The molecule has 1 aliphatic heterocycles. The third kappa shape index (κ3) is 4.27. The van der Waals surface area contributed by atoms with Gasteiger partial charge in [0, 0.05) is 11.8 Å². The lowest BCUT2D eigenvalue weighted by Crippen LogP contribution is -2.27. The van der Waals surface area contributed by atoms with E-state index in [0.717, 1.165) is 11.3 Å². The van der Waals surface area contributed by atoms with Gasteiger partial charge in [-0.15, -0.1) is 0 Å². The Hall–Kier alpha value is -3.67. The molecule has 0 unspecified atom stereocenters. The summed E-state index contributed by atoms with van der Waals surface area (Å²) in [6, 6.07) is 21.9. The van der Waals surface area contributed by atoms with Crippen molar-refractivity contribution in [1.29, 1.82) is 0 Å². The first kappa shape index (κ1) is 18.7. The normalized spacial score (nSPS) is 12.9. The largest absolute Gasteiger partial charge is 0.492 e. The van der Waals surface area contributed by atoms with Crippen LogP contribution in [0.2, 0.25) is 0 Å². The van der Waals surface area contributed by atoms with E-state index in [1.165, 1.54) is 0 Å². The standard InChI is InChI=1S/C23H22N2O4/c1-2-27-19-11-7-6-10-18(19)25-23(26)22(16-8-4-3-5-9-16)24-17-12-13-20-21(14-17)29-15-28-20/h3-14,22,24H,2,15H2,1H3,(H,25,26)/t22-/m0/s1. The molecule has 0 aromatic heterocycles. The number of hydrogen-bond acceptors (Lipinski definition) is 5. The third-order valence-electron chi connectivity index (χ3n) is 4.52. The van der Waals surface area contributed by atoms with Crippen LogP contribution in [0.5, 0.6) is 17.2 Å². The monoisotopic (exact) mass is 390 g/mol. The SMILES string of the molecule is CCOc1ccccc1NC(=O)[C@@H](Nc1ccc2c(c1)OCO2)c1ccccc1. The summed E-state index contributed by atoms with van der Waals surface area (Å²) in [5, 5.41) is 6.29. The second-order valence-corrected chi connectivity index (χ2v) is 6.47. The number of carbonyl (C=O) groups excluding carboxylic acids is 1. The van der Waals surface area contributed by atoms with Crippen LogP contribution in [0.15, 0.2) is 72.8 Å². The average Bonchev–Trinajstić information content (AvgIpc) is 3.22. The molecule has 6 heteroatoms. The molecule has 0 bridgehead atoms. The molecule has 1 heterocycles. The Morgan fingerprint density at radius 3 is 2.59 bits per heavy atom. The molecule has 0 radical (unpaired) electrons. The number of amides is 1. The molecule has 29 heavy (non-hydrogen) atoms. The quantitative estimate of drug-likeness (QED) is 0.617. The fourth-order valence-electron chi connectivity index (χ4n) is 3.15. The summed E-state index contributed by atoms with van der Waals surface area (Å²) < 4.78 is 16.4. The van der Waals surface area contributed by atoms with Crippen molar-refractivity contribution in [3.05, 3.63) is 78.4 Å². The van der Waals surface area contributed by atoms with Crippen molar-refractivity contribution >= 4 is 17.3 Å². The van der Waals surface area contributed by atoms with Gasteiger partial charge in [0.15, 0.2) is 11.5 Å². The molecule has 6 nitrogen and oxygen atoms in total. The maximum Gasteiger partial charge on any atom is 0.251 e. The second-order valence-electron chi connectivity index (χ2n) is 6.47. The number of anilines is 2. The topological polar surface area (TPSA) is 68.8 Å². The van der Waals surface area contributed by atoms with Gasteiger partial charge in [-0.25, -0.2) is 0 Å². The van der Waals surface area contributed by atoms with Crippen molar-refractivity contribution in [2.24, 2.45) is 0 Å². The fourth-order valence-corrected chi connectivity index (χ4v) is 3.15. The summed E-state index contributed by atoms with van der Waals surface area (Å²) in [5.74, 6) is 1.80. The van der Waals surface area contributed by atoms with Crippen LogP contribution in [-0.4, -0.2) is 19.3 Å². The summed E-state index contributed by atoms with van der Waals surface area (Å²) in [5.41, 5.74) is 2.24. The summed E-state index contributed by atoms with van der Waals surface area (Å²) in [7, 11) is 0. The number of para-hydroxylation sites is 2. The van der Waals surface area contributed by atoms with Gasteiger partial charge in [-0.1, -0.05) is 42.5 Å². The molecule has 0 fully saturated rings. The summed E-state index contributed by atoms with van der Waals surface area (Å²) in [4.78, 5) is 13.2. The maximum absolute atomic E-state index is 13.2. The van der Waals surface area contributed by atoms with Crippen molar-refractivity contribution in [2.75, 3.05) is 24.0 Å². The highest BCUT2D eigenvalue weighted by molar-refractivity contribution is 5.98. The number of nitrogens with one attached hydrogen (secondary N) is 2. The first-order valence-corrected chi connectivity index (χ1v) is 9.48. The highest BCUT2D eigenvalue weighted by Crippen LogP contribution is 2.35. The van der Waals surface area contributed by atoms with Crippen molar-refractivity contribution in [1.82, 2.24) is 0 Å². The van der Waals surface area contributed by atoms with E-state index >= 15 is 0 Å². The van der Waals surface area contributed by atoms with Crippen molar-refractivity contribution < 1.29 is 19.0 Å². The number of carbonyl (C=O) groups is 1. The maximum atomic E-state index is 13.2. The molecular weight excluding hydrogens is 368 g/mol. The van der Waals surface area contributed by atoms with Crippen molar-refractivity contribution in [3.8, 4) is 17.2 Å². The van der Waals surface area contributed by atoms with Crippen LogP contribution in [0.25, 0.3) is 0 Å². The van der Waals surface area contributed by atoms with E-state index in [1.54, 1.807) is 0 Å². The lowest BCUT2D eigenvalue weighted by atomic mass is 10.1. The minimum Gasteiger partial charge on any atom is -0.492 e. The van der Waals surface area contributed by atoms with Gasteiger partial charge in [0.05, 0.1) is 12.3 Å². The lowest BCUT2D eigenvalue weighted by Gasteiger charge is -2.21. The lowest BCUT2D eigenvalue weighted by molar-refractivity contribution is -0.117. The molecule has 1 amide bonds. The zero-order chi connectivity index (χ0) is 20.1. The van der Waals surface area contributed by atoms with Crippen LogP contribution in [0.3, 0.4) is 0 Å². The summed E-state index contributed by atoms with van der Waals surface area (Å²) in [6.45, 7) is 2.63. The Balaban J connectivity index is 1.60. The highest BCUT2D eigenvalue weighted by atomic mass is 16.7. The van der Waals surface area contributed by atoms with Crippen LogP contribution < -0.4 is 24.8 Å². The van der Waals surface area contributed by atoms with Crippen LogP contribution in [0.1, 0.15) is 18.5 Å². The van der Waals surface area contributed by atoms with E-state index < -0.39 is 6.04 Å². The minimum atomic E-state index is -0.605. The molecule has 1 atom stereocenters. The van der Waals surface area contributed by atoms with Gasteiger partial charge in [-0.05, 0) is 36.8 Å². The van der Waals surface area contributed by atoms with Gasteiger partial charge in [0.2, 0.25) is 6.79 Å². The van der Waals surface area contributed by atoms with Crippen LogP contribution >= 0.6 is 0 Å². The Kier molecular flexibility index (Phi) is 5.52. The molecule has 3 aromatic rings. The molecule has 3 aromatic carbocycles. The molecule has 148 valence electrons. The van der Waals surface area contributed by atoms with E-state index in [1.807, 2.05) is 79.7 Å². The van der Waals surface area contributed by atoms with Gasteiger partial charge in [-0.2, -0.15) is 0 Å².